The maximum Gasteiger partial charge on any atom is 0.140 e. The van der Waals surface area contributed by atoms with Crippen LogP contribution in [0.1, 0.15) is 24.9 Å². The predicted molar refractivity (Wildman–Crippen MR) is 67.2 cm³/mol. The van der Waals surface area contributed by atoms with Gasteiger partial charge in [-0.3, -0.25) is 0 Å². The van der Waals surface area contributed by atoms with Gasteiger partial charge >= 0.3 is 0 Å². The molecule has 0 aliphatic carbocycles. The topological polar surface area (TPSA) is 46.2 Å². The molecule has 0 aliphatic heterocycles. The van der Waals surface area contributed by atoms with Crippen molar-refractivity contribution in [1.82, 2.24) is 0 Å². The number of phenolic OH excluding ortho intramolecular Hbond substituents is 1. The molecule has 0 aromatic heterocycles. The Kier molecular flexibility index (Phi) is 4.20. The highest BCUT2D eigenvalue weighted by Gasteiger charge is 2.16. The minimum atomic E-state index is -0.296. The van der Waals surface area contributed by atoms with Crippen LogP contribution in [0.2, 0.25) is 5.02 Å². The molecule has 0 unspecified atom stereocenters. The molecule has 0 fully saturated rings. The van der Waals surface area contributed by atoms with Gasteiger partial charge in [0.15, 0.2) is 0 Å². The average molecular weight is 291 g/mol. The Hall–Kier alpha value is -0.510. The predicted octanol–water partition coefficient (Wildman–Crippen LogP) is 3.77. The van der Waals surface area contributed by atoms with E-state index in [1.165, 1.54) is 0 Å². The molecule has 1 rings (SSSR count). The highest BCUT2D eigenvalue weighted by molar-refractivity contribution is 9.10. The van der Waals surface area contributed by atoms with Gasteiger partial charge in [-0.15, -0.1) is 6.58 Å². The standard InChI is InChI=1S/C11H13BrClNO/c1-6(2)5-9(14)10-7(12)3-4-8(13)11(10)15/h3-4,9,15H,1,5,14H2,2H3/t9-/m1/s1. The summed E-state index contributed by atoms with van der Waals surface area (Å²) in [6.07, 6.45) is 0.618. The first-order valence-electron chi connectivity index (χ1n) is 4.50. The van der Waals surface area contributed by atoms with Gasteiger partial charge in [0.25, 0.3) is 0 Å². The molecule has 1 atom stereocenters. The van der Waals surface area contributed by atoms with Crippen LogP contribution < -0.4 is 5.73 Å². The molecule has 0 saturated carbocycles. The fourth-order valence-electron chi connectivity index (χ4n) is 1.39. The van der Waals surface area contributed by atoms with Crippen molar-refractivity contribution < 1.29 is 5.11 Å². The molecule has 3 N–H and O–H groups in total. The van der Waals surface area contributed by atoms with Crippen LogP contribution in [-0.4, -0.2) is 5.11 Å². The van der Waals surface area contributed by atoms with Crippen molar-refractivity contribution in [3.63, 3.8) is 0 Å². The fourth-order valence-corrected chi connectivity index (χ4v) is 2.17. The second-order valence-corrected chi connectivity index (χ2v) is 4.82. The highest BCUT2D eigenvalue weighted by Crippen LogP contribution is 2.37. The molecule has 0 amide bonds. The molecule has 0 aliphatic rings. The number of rotatable bonds is 3. The number of hydrogen-bond acceptors (Lipinski definition) is 2. The zero-order chi connectivity index (χ0) is 11.6. The minimum absolute atomic E-state index is 0.0415. The molecule has 0 radical (unpaired) electrons. The van der Waals surface area contributed by atoms with Crippen LogP contribution in [0.25, 0.3) is 0 Å². The second-order valence-electron chi connectivity index (χ2n) is 3.56. The van der Waals surface area contributed by atoms with E-state index < -0.39 is 0 Å². The number of hydrogen-bond donors (Lipinski definition) is 2. The Morgan fingerprint density at radius 1 is 1.67 bits per heavy atom. The molecule has 4 heteroatoms. The van der Waals surface area contributed by atoms with Gasteiger partial charge in [-0.2, -0.15) is 0 Å². The van der Waals surface area contributed by atoms with Crippen LogP contribution in [0.5, 0.6) is 5.75 Å². The summed E-state index contributed by atoms with van der Waals surface area (Å²) in [5.41, 5.74) is 7.55. The van der Waals surface area contributed by atoms with E-state index in [0.29, 0.717) is 17.0 Å². The van der Waals surface area contributed by atoms with Crippen LogP contribution in [0.3, 0.4) is 0 Å². The normalized spacial score (nSPS) is 12.5. The summed E-state index contributed by atoms with van der Waals surface area (Å²) < 4.78 is 0.762. The van der Waals surface area contributed by atoms with Gasteiger partial charge in [0.1, 0.15) is 5.75 Å². The Morgan fingerprint density at radius 2 is 2.27 bits per heavy atom. The second kappa shape index (κ2) is 5.01. The van der Waals surface area contributed by atoms with Crippen LogP contribution in [0.15, 0.2) is 28.8 Å². The van der Waals surface area contributed by atoms with Gasteiger partial charge in [-0.05, 0) is 25.5 Å². The van der Waals surface area contributed by atoms with Crippen molar-refractivity contribution in [1.29, 1.82) is 0 Å². The number of aromatic hydroxyl groups is 1. The third-order valence-corrected chi connectivity index (χ3v) is 3.05. The summed E-state index contributed by atoms with van der Waals surface area (Å²) in [4.78, 5) is 0. The monoisotopic (exact) mass is 289 g/mol. The Morgan fingerprint density at radius 3 is 2.80 bits per heavy atom. The van der Waals surface area contributed by atoms with Crippen LogP contribution >= 0.6 is 27.5 Å². The molecule has 0 saturated heterocycles. The Bertz CT molecular complexity index is 392. The number of halogens is 2. The van der Waals surface area contributed by atoms with Crippen molar-refractivity contribution in [3.8, 4) is 5.75 Å². The van der Waals surface area contributed by atoms with E-state index in [1.807, 2.05) is 6.92 Å². The smallest absolute Gasteiger partial charge is 0.140 e. The fraction of sp³-hybridized carbons (Fsp3) is 0.273. The average Bonchev–Trinajstić information content (AvgIpc) is 2.11. The maximum atomic E-state index is 9.79. The molecule has 2 nitrogen and oxygen atoms in total. The van der Waals surface area contributed by atoms with Crippen molar-refractivity contribution in [2.75, 3.05) is 0 Å². The number of nitrogens with two attached hydrogens (primary N) is 1. The highest BCUT2D eigenvalue weighted by atomic mass is 79.9. The van der Waals surface area contributed by atoms with Crippen molar-refractivity contribution in [3.05, 3.63) is 39.3 Å². The van der Waals surface area contributed by atoms with Gasteiger partial charge in [0, 0.05) is 16.1 Å². The SMILES string of the molecule is C=C(C)C[C@@H](N)c1c(Br)ccc(Cl)c1O. The van der Waals surface area contributed by atoms with E-state index in [2.05, 4.69) is 22.5 Å². The van der Waals surface area contributed by atoms with E-state index in [0.717, 1.165) is 10.0 Å². The summed E-state index contributed by atoms with van der Waals surface area (Å²) in [5.74, 6) is 0.0415. The van der Waals surface area contributed by atoms with Crippen LogP contribution in [0.4, 0.5) is 0 Å². The molecular weight excluding hydrogens is 277 g/mol. The molecule has 0 heterocycles. The van der Waals surface area contributed by atoms with E-state index in [9.17, 15) is 5.11 Å². The summed E-state index contributed by atoms with van der Waals surface area (Å²) in [6, 6.07) is 3.10. The first kappa shape index (κ1) is 12.6. The Labute approximate surface area is 103 Å². The number of phenols is 1. The van der Waals surface area contributed by atoms with E-state index in [1.54, 1.807) is 12.1 Å². The summed E-state index contributed by atoms with van der Waals surface area (Å²) >= 11 is 9.16. The van der Waals surface area contributed by atoms with Crippen LogP contribution in [-0.2, 0) is 0 Å². The third kappa shape index (κ3) is 2.97. The molecule has 82 valence electrons. The van der Waals surface area contributed by atoms with Gasteiger partial charge in [-0.1, -0.05) is 33.1 Å². The molecule has 0 bridgehead atoms. The maximum absolute atomic E-state index is 9.79. The zero-order valence-electron chi connectivity index (χ0n) is 8.43. The van der Waals surface area contributed by atoms with Crippen molar-refractivity contribution >= 4 is 27.5 Å². The summed E-state index contributed by atoms with van der Waals surface area (Å²) in [7, 11) is 0. The summed E-state index contributed by atoms with van der Waals surface area (Å²) in [6.45, 7) is 5.69. The lowest BCUT2D eigenvalue weighted by molar-refractivity contribution is 0.460. The largest absolute Gasteiger partial charge is 0.506 e. The van der Waals surface area contributed by atoms with Gasteiger partial charge in [0.2, 0.25) is 0 Å². The van der Waals surface area contributed by atoms with E-state index >= 15 is 0 Å². The third-order valence-electron chi connectivity index (χ3n) is 2.05. The van der Waals surface area contributed by atoms with Crippen molar-refractivity contribution in [2.45, 2.75) is 19.4 Å². The molecule has 0 spiro atoms. The zero-order valence-corrected chi connectivity index (χ0v) is 10.8. The van der Waals surface area contributed by atoms with E-state index in [-0.39, 0.29) is 11.8 Å². The first-order chi connectivity index (χ1) is 6.93. The number of benzene rings is 1. The quantitative estimate of drug-likeness (QED) is 0.832. The molecular formula is C11H13BrClNO. The lowest BCUT2D eigenvalue weighted by Crippen LogP contribution is -2.11. The molecule has 15 heavy (non-hydrogen) atoms. The van der Waals surface area contributed by atoms with E-state index in [4.69, 9.17) is 17.3 Å². The van der Waals surface area contributed by atoms with Crippen LogP contribution in [0, 0.1) is 0 Å². The first-order valence-corrected chi connectivity index (χ1v) is 5.67. The van der Waals surface area contributed by atoms with Gasteiger partial charge in [-0.25, -0.2) is 0 Å². The Balaban J connectivity index is 3.12. The molecule has 1 aromatic rings. The lowest BCUT2D eigenvalue weighted by atomic mass is 10.0. The van der Waals surface area contributed by atoms with Gasteiger partial charge in [0.05, 0.1) is 5.02 Å². The van der Waals surface area contributed by atoms with Gasteiger partial charge < -0.3 is 10.8 Å². The van der Waals surface area contributed by atoms with Crippen molar-refractivity contribution in [2.24, 2.45) is 5.73 Å². The minimum Gasteiger partial charge on any atom is -0.506 e. The molecule has 1 aromatic carbocycles. The lowest BCUT2D eigenvalue weighted by Gasteiger charge is -2.16. The summed E-state index contributed by atoms with van der Waals surface area (Å²) in [5, 5.41) is 10.1.